The molecule has 214 valence electrons. The summed E-state index contributed by atoms with van der Waals surface area (Å²) in [4.78, 5) is 13.6. The molecule has 1 amide bonds. The van der Waals surface area contributed by atoms with Crippen molar-refractivity contribution in [3.63, 3.8) is 0 Å². The van der Waals surface area contributed by atoms with Crippen molar-refractivity contribution in [2.24, 2.45) is 0 Å². The predicted octanol–water partition coefficient (Wildman–Crippen LogP) is 5.43. The van der Waals surface area contributed by atoms with Crippen LogP contribution in [0.1, 0.15) is 55.0 Å². The van der Waals surface area contributed by atoms with Crippen LogP contribution < -0.4 is 20.1 Å². The molecule has 7 nitrogen and oxygen atoms in total. The van der Waals surface area contributed by atoms with Crippen LogP contribution in [0.4, 0.5) is 0 Å². The highest BCUT2D eigenvalue weighted by molar-refractivity contribution is 7.89. The first kappa shape index (κ1) is 28.8. The highest BCUT2D eigenvalue weighted by Gasteiger charge is 2.28. The molecule has 41 heavy (non-hydrogen) atoms. The number of nitrogens with one attached hydrogen (secondary N) is 3. The summed E-state index contributed by atoms with van der Waals surface area (Å²) in [6, 6.07) is 27.0. The second kappa shape index (κ2) is 13.3. The monoisotopic (exact) mass is 571 g/mol. The van der Waals surface area contributed by atoms with Crippen molar-refractivity contribution in [1.29, 1.82) is 0 Å². The summed E-state index contributed by atoms with van der Waals surface area (Å²) in [5, 5.41) is 8.38. The predicted molar refractivity (Wildman–Crippen MR) is 162 cm³/mol. The number of hydrogen-bond donors (Lipinski definition) is 3. The zero-order valence-corrected chi connectivity index (χ0v) is 24.1. The molecule has 0 saturated heterocycles. The Morgan fingerprint density at radius 2 is 1.71 bits per heavy atom. The van der Waals surface area contributed by atoms with Gasteiger partial charge in [-0.1, -0.05) is 85.8 Å². The number of rotatable bonds is 12. The Labute approximate surface area is 242 Å². The summed E-state index contributed by atoms with van der Waals surface area (Å²) < 4.78 is 35.8. The maximum atomic E-state index is 13.5. The van der Waals surface area contributed by atoms with Crippen LogP contribution in [0.3, 0.4) is 0 Å². The van der Waals surface area contributed by atoms with Gasteiger partial charge in [-0.05, 0) is 60.0 Å². The summed E-state index contributed by atoms with van der Waals surface area (Å²) in [5.41, 5.74) is 2.81. The van der Waals surface area contributed by atoms with Gasteiger partial charge in [0.2, 0.25) is 15.9 Å². The smallest absolute Gasteiger partial charge is 0.241 e. The number of ether oxygens (including phenoxy) is 1. The van der Waals surface area contributed by atoms with Crippen LogP contribution in [0.5, 0.6) is 5.75 Å². The lowest BCUT2D eigenvalue weighted by atomic mass is 9.95. The average Bonchev–Trinajstić information content (AvgIpc) is 2.99. The Hall–Kier alpha value is -3.72. The number of fused-ring (bicyclic) bond motifs is 2. The van der Waals surface area contributed by atoms with Crippen LogP contribution in [-0.4, -0.2) is 34.0 Å². The number of benzene rings is 4. The molecule has 1 aliphatic heterocycles. The molecule has 8 heteroatoms. The molecule has 5 rings (SSSR count). The van der Waals surface area contributed by atoms with E-state index in [2.05, 4.69) is 28.3 Å². The normalized spacial score (nSPS) is 15.6. The number of sulfonamides is 1. The second-order valence-corrected chi connectivity index (χ2v) is 12.1. The van der Waals surface area contributed by atoms with Crippen LogP contribution in [0.2, 0.25) is 0 Å². The highest BCUT2D eigenvalue weighted by Crippen LogP contribution is 2.35. The van der Waals surface area contributed by atoms with Gasteiger partial charge in [-0.2, -0.15) is 0 Å². The van der Waals surface area contributed by atoms with E-state index in [1.807, 2.05) is 66.7 Å². The lowest BCUT2D eigenvalue weighted by molar-refractivity contribution is -0.122. The van der Waals surface area contributed by atoms with E-state index < -0.39 is 16.1 Å². The van der Waals surface area contributed by atoms with Gasteiger partial charge in [-0.25, -0.2) is 13.1 Å². The molecule has 4 aromatic rings. The number of carbonyl (C=O) groups is 1. The van der Waals surface area contributed by atoms with Gasteiger partial charge in [-0.15, -0.1) is 0 Å². The van der Waals surface area contributed by atoms with Gasteiger partial charge in [-0.3, -0.25) is 4.79 Å². The van der Waals surface area contributed by atoms with Crippen LogP contribution in [0.15, 0.2) is 95.9 Å². The minimum absolute atomic E-state index is 0.0376. The largest absolute Gasteiger partial charge is 0.493 e. The first-order valence-electron chi connectivity index (χ1n) is 14.3. The second-order valence-electron chi connectivity index (χ2n) is 10.4. The van der Waals surface area contributed by atoms with Crippen molar-refractivity contribution in [2.45, 2.75) is 49.6 Å². The summed E-state index contributed by atoms with van der Waals surface area (Å²) in [6.07, 6.45) is 2.54. The summed E-state index contributed by atoms with van der Waals surface area (Å²) in [6.45, 7) is 4.49. The average molecular weight is 572 g/mol. The van der Waals surface area contributed by atoms with Crippen molar-refractivity contribution >= 4 is 26.7 Å². The van der Waals surface area contributed by atoms with Gasteiger partial charge < -0.3 is 15.4 Å². The van der Waals surface area contributed by atoms with Crippen molar-refractivity contribution in [3.8, 4) is 5.75 Å². The molecule has 0 aliphatic carbocycles. The molecule has 0 aromatic heterocycles. The molecule has 0 saturated carbocycles. The van der Waals surface area contributed by atoms with E-state index >= 15 is 0 Å². The Morgan fingerprint density at radius 3 is 2.51 bits per heavy atom. The van der Waals surface area contributed by atoms with Gasteiger partial charge in [0.1, 0.15) is 5.75 Å². The fourth-order valence-electron chi connectivity index (χ4n) is 5.30. The Kier molecular flexibility index (Phi) is 9.34. The number of hydrogen-bond acceptors (Lipinski definition) is 5. The van der Waals surface area contributed by atoms with Gasteiger partial charge in [0, 0.05) is 18.4 Å². The first-order valence-corrected chi connectivity index (χ1v) is 15.7. The third kappa shape index (κ3) is 7.14. The third-order valence-electron chi connectivity index (χ3n) is 7.41. The first-order chi connectivity index (χ1) is 19.9. The molecule has 1 aliphatic rings. The van der Waals surface area contributed by atoms with Gasteiger partial charge in [0.25, 0.3) is 0 Å². The third-order valence-corrected chi connectivity index (χ3v) is 8.88. The number of carbonyl (C=O) groups excluding carboxylic acids is 1. The molecule has 3 N–H and O–H groups in total. The fraction of sp³-hybridized carbons (Fsp3) is 0.303. The quantitative estimate of drug-likeness (QED) is 0.197. The number of amides is 1. The van der Waals surface area contributed by atoms with Crippen molar-refractivity contribution in [1.82, 2.24) is 15.4 Å². The van der Waals surface area contributed by atoms with Gasteiger partial charge >= 0.3 is 0 Å². The molecule has 0 radical (unpaired) electrons. The minimum Gasteiger partial charge on any atom is -0.493 e. The summed E-state index contributed by atoms with van der Waals surface area (Å²) in [7, 11) is -3.90. The van der Waals surface area contributed by atoms with Crippen molar-refractivity contribution < 1.29 is 17.9 Å². The number of para-hydroxylation sites is 1. The van der Waals surface area contributed by atoms with Crippen molar-refractivity contribution in [3.05, 3.63) is 108 Å². The molecule has 2 atom stereocenters. The summed E-state index contributed by atoms with van der Waals surface area (Å²) in [5.74, 6) is 0.617. The maximum Gasteiger partial charge on any atom is 0.241 e. The SMILES string of the molecule is CCCNCCc1cccc2c1OCCC2NC(=O)CC(NS(=O)(=O)c1ccc2ccccc2c1)c1ccccc1. The highest BCUT2D eigenvalue weighted by atomic mass is 32.2. The zero-order valence-electron chi connectivity index (χ0n) is 23.3. The van der Waals surface area contributed by atoms with Crippen LogP contribution in [-0.2, 0) is 21.2 Å². The van der Waals surface area contributed by atoms with Crippen LogP contribution >= 0.6 is 0 Å². The lowest BCUT2D eigenvalue weighted by Crippen LogP contribution is -2.36. The van der Waals surface area contributed by atoms with E-state index in [1.165, 1.54) is 0 Å². The minimum atomic E-state index is -3.90. The topological polar surface area (TPSA) is 96.5 Å². The van der Waals surface area contributed by atoms with E-state index in [0.717, 1.165) is 59.1 Å². The van der Waals surface area contributed by atoms with E-state index in [-0.39, 0.29) is 23.3 Å². The van der Waals surface area contributed by atoms with Crippen LogP contribution in [0.25, 0.3) is 10.8 Å². The Bertz CT molecular complexity index is 1590. The molecule has 2 unspecified atom stereocenters. The van der Waals surface area contributed by atoms with E-state index in [1.54, 1.807) is 18.2 Å². The molecule has 1 heterocycles. The maximum absolute atomic E-state index is 13.5. The summed E-state index contributed by atoms with van der Waals surface area (Å²) >= 11 is 0. The standard InChI is InChI=1S/C33H37N3O4S/c1-2-19-34-20-17-26-13-8-14-29-30(18-21-40-33(26)29)35-32(37)23-31(25-10-4-3-5-11-25)36-41(38,39)28-16-15-24-9-6-7-12-27(24)22-28/h3-16,22,30-31,34,36H,2,17-21,23H2,1H3,(H,35,37). The molecule has 0 fully saturated rings. The zero-order chi connectivity index (χ0) is 28.7. The van der Waals surface area contributed by atoms with E-state index in [4.69, 9.17) is 4.74 Å². The molecule has 4 aromatic carbocycles. The fourth-order valence-corrected chi connectivity index (χ4v) is 6.56. The Morgan fingerprint density at radius 1 is 0.927 bits per heavy atom. The Balaban J connectivity index is 1.32. The molecule has 0 spiro atoms. The molecule has 0 bridgehead atoms. The van der Waals surface area contributed by atoms with Gasteiger partial charge in [0.05, 0.1) is 23.6 Å². The van der Waals surface area contributed by atoms with Gasteiger partial charge in [0.15, 0.2) is 0 Å². The van der Waals surface area contributed by atoms with E-state index in [0.29, 0.717) is 13.0 Å². The molecular weight excluding hydrogens is 534 g/mol. The van der Waals surface area contributed by atoms with Crippen molar-refractivity contribution in [2.75, 3.05) is 19.7 Å². The lowest BCUT2D eigenvalue weighted by Gasteiger charge is -2.29. The van der Waals surface area contributed by atoms with Crippen LogP contribution in [0, 0.1) is 0 Å². The molecular formula is C33H37N3O4S. The van der Waals surface area contributed by atoms with E-state index in [9.17, 15) is 13.2 Å².